The molecule has 0 fully saturated rings. The highest BCUT2D eigenvalue weighted by Crippen LogP contribution is 2.36. The van der Waals surface area contributed by atoms with Gasteiger partial charge in [-0.2, -0.15) is 10.2 Å². The Morgan fingerprint density at radius 3 is 2.39 bits per heavy atom. The Morgan fingerprint density at radius 2 is 1.64 bits per heavy atom. The summed E-state index contributed by atoms with van der Waals surface area (Å²) in [5.74, 6) is 1.41. The van der Waals surface area contributed by atoms with Crippen LogP contribution in [0.3, 0.4) is 0 Å². The van der Waals surface area contributed by atoms with E-state index < -0.39 is 0 Å². The molecule has 4 aromatic rings. The van der Waals surface area contributed by atoms with Crippen LogP contribution < -0.4 is 14.9 Å². The lowest BCUT2D eigenvalue weighted by molar-refractivity contribution is 0.171. The highest BCUT2D eigenvalue weighted by Gasteiger charge is 2.17. The summed E-state index contributed by atoms with van der Waals surface area (Å²) in [5, 5.41) is 10.3. The first kappa shape index (κ1) is 21.6. The maximum Gasteiger partial charge on any atom is 0.162 e. The van der Waals surface area contributed by atoms with Crippen LogP contribution in [0.2, 0.25) is 15.1 Å². The normalized spacial score (nSPS) is 12.8. The van der Waals surface area contributed by atoms with E-state index >= 15 is 0 Å². The zero-order chi connectivity index (χ0) is 22.8. The fraction of sp³-hybridized carbons (Fsp3) is 0.0833. The number of benzene rings is 3. The molecular weight excluding hydrogens is 483 g/mol. The lowest BCUT2D eigenvalue weighted by atomic mass is 10.1. The van der Waals surface area contributed by atoms with E-state index in [9.17, 15) is 0 Å². The Hall–Kier alpha value is -3.19. The van der Waals surface area contributed by atoms with E-state index in [0.29, 0.717) is 39.7 Å². The maximum absolute atomic E-state index is 6.25. The zero-order valence-electron chi connectivity index (χ0n) is 17.1. The number of hydrogen-bond acceptors (Lipinski definition) is 5. The van der Waals surface area contributed by atoms with Crippen LogP contribution in [-0.2, 0) is 0 Å². The van der Waals surface area contributed by atoms with E-state index in [0.717, 1.165) is 28.3 Å². The maximum atomic E-state index is 6.25. The molecule has 0 bridgehead atoms. The van der Waals surface area contributed by atoms with Gasteiger partial charge in [0, 0.05) is 22.3 Å². The van der Waals surface area contributed by atoms with Crippen molar-refractivity contribution in [3.8, 4) is 28.4 Å². The molecule has 6 nitrogen and oxygen atoms in total. The summed E-state index contributed by atoms with van der Waals surface area (Å²) in [6, 6.07) is 18.8. The van der Waals surface area contributed by atoms with E-state index in [4.69, 9.17) is 49.4 Å². The van der Waals surface area contributed by atoms with Gasteiger partial charge in [-0.05, 0) is 42.5 Å². The molecule has 3 aromatic carbocycles. The number of nitrogens with zero attached hydrogens (tertiary/aromatic N) is 3. The average Bonchev–Trinajstić information content (AvgIpc) is 3.25. The van der Waals surface area contributed by atoms with Crippen LogP contribution in [0.4, 0.5) is 5.69 Å². The van der Waals surface area contributed by atoms with Gasteiger partial charge in [0.05, 0.1) is 27.6 Å². The van der Waals surface area contributed by atoms with Crippen molar-refractivity contribution in [3.05, 3.63) is 87.5 Å². The van der Waals surface area contributed by atoms with Gasteiger partial charge in [-0.3, -0.25) is 5.43 Å². The summed E-state index contributed by atoms with van der Waals surface area (Å²) in [6.45, 7) is 1.05. The standard InChI is InChI=1S/C24H17Cl3N4O2/c25-17-11-19(26)24(20(27)12-17)29-28-13-16-14-31(18-4-2-1-3-5-18)30-23(16)15-6-7-21-22(10-15)33-9-8-32-21/h1-7,10-14,29H,8-9H2. The molecule has 0 unspecified atom stereocenters. The average molecular weight is 500 g/mol. The first-order valence-electron chi connectivity index (χ1n) is 10.1. The van der Waals surface area contributed by atoms with Crippen LogP contribution in [0.25, 0.3) is 16.9 Å². The fourth-order valence-electron chi connectivity index (χ4n) is 3.43. The minimum absolute atomic E-state index is 0.372. The molecule has 1 aromatic heterocycles. The van der Waals surface area contributed by atoms with Gasteiger partial charge in [-0.15, -0.1) is 0 Å². The second-order valence-corrected chi connectivity index (χ2v) is 8.44. The summed E-state index contributed by atoms with van der Waals surface area (Å²) in [4.78, 5) is 0. The quantitative estimate of drug-likeness (QED) is 0.245. The summed E-state index contributed by atoms with van der Waals surface area (Å²) in [5.41, 5.74) is 6.68. The summed E-state index contributed by atoms with van der Waals surface area (Å²) < 4.78 is 13.2. The van der Waals surface area contributed by atoms with Crippen LogP contribution in [0.5, 0.6) is 11.5 Å². The number of anilines is 1. The van der Waals surface area contributed by atoms with Crippen LogP contribution in [0, 0.1) is 0 Å². The molecule has 166 valence electrons. The lowest BCUT2D eigenvalue weighted by Crippen LogP contribution is -2.15. The lowest BCUT2D eigenvalue weighted by Gasteiger charge is -2.18. The second-order valence-electron chi connectivity index (χ2n) is 7.19. The van der Waals surface area contributed by atoms with Crippen LogP contribution >= 0.6 is 34.8 Å². The number of nitrogens with one attached hydrogen (secondary N) is 1. The number of rotatable bonds is 5. The van der Waals surface area contributed by atoms with Gasteiger partial charge in [0.15, 0.2) is 11.5 Å². The van der Waals surface area contributed by atoms with Crippen LogP contribution in [-0.4, -0.2) is 29.2 Å². The number of hydrogen-bond donors (Lipinski definition) is 1. The van der Waals surface area contributed by atoms with Gasteiger partial charge in [-0.1, -0.05) is 53.0 Å². The summed E-state index contributed by atoms with van der Waals surface area (Å²) in [7, 11) is 0. The number of para-hydroxylation sites is 1. The van der Waals surface area contributed by atoms with Crippen molar-refractivity contribution >= 4 is 46.7 Å². The highest BCUT2D eigenvalue weighted by atomic mass is 35.5. The number of aromatic nitrogens is 2. The van der Waals surface area contributed by atoms with E-state index in [-0.39, 0.29) is 0 Å². The Morgan fingerprint density at radius 1 is 0.909 bits per heavy atom. The monoisotopic (exact) mass is 498 g/mol. The van der Waals surface area contributed by atoms with Crippen molar-refractivity contribution in [3.63, 3.8) is 0 Å². The molecule has 1 aliphatic rings. The molecule has 2 heterocycles. The molecule has 0 atom stereocenters. The van der Waals surface area contributed by atoms with Crippen molar-refractivity contribution in [2.45, 2.75) is 0 Å². The third-order valence-corrected chi connectivity index (χ3v) is 5.78. The Bertz CT molecular complexity index is 1320. The first-order chi connectivity index (χ1) is 16.1. The molecule has 0 saturated heterocycles. The number of halogens is 3. The molecular formula is C24H17Cl3N4O2. The predicted molar refractivity (Wildman–Crippen MR) is 133 cm³/mol. The molecule has 1 N–H and O–H groups in total. The minimum atomic E-state index is 0.372. The SMILES string of the molecule is Clc1cc(Cl)c(NN=Cc2cn(-c3ccccc3)nc2-c2ccc3c(c2)OCCO3)c(Cl)c1. The molecule has 0 saturated carbocycles. The van der Waals surface area contributed by atoms with E-state index in [1.807, 2.05) is 54.7 Å². The molecule has 0 aliphatic carbocycles. The highest BCUT2D eigenvalue weighted by molar-refractivity contribution is 6.41. The van der Waals surface area contributed by atoms with Crippen LogP contribution in [0.15, 0.2) is 72.0 Å². The van der Waals surface area contributed by atoms with Crippen molar-refractivity contribution in [1.82, 2.24) is 9.78 Å². The van der Waals surface area contributed by atoms with E-state index in [1.54, 1.807) is 23.0 Å². The Labute approximate surface area is 205 Å². The molecule has 5 rings (SSSR count). The number of ether oxygens (including phenoxy) is 2. The zero-order valence-corrected chi connectivity index (χ0v) is 19.4. The van der Waals surface area contributed by atoms with Gasteiger partial charge < -0.3 is 9.47 Å². The second kappa shape index (κ2) is 9.35. The van der Waals surface area contributed by atoms with Gasteiger partial charge in [0.2, 0.25) is 0 Å². The van der Waals surface area contributed by atoms with Crippen molar-refractivity contribution in [2.75, 3.05) is 18.6 Å². The number of fused-ring (bicyclic) bond motifs is 1. The molecule has 0 radical (unpaired) electrons. The fourth-order valence-corrected chi connectivity index (χ4v) is 4.33. The van der Waals surface area contributed by atoms with E-state index in [1.165, 1.54) is 0 Å². The van der Waals surface area contributed by atoms with Gasteiger partial charge in [0.1, 0.15) is 18.9 Å². The molecule has 0 amide bonds. The third kappa shape index (κ3) is 4.64. The van der Waals surface area contributed by atoms with Crippen LogP contribution in [0.1, 0.15) is 5.56 Å². The minimum Gasteiger partial charge on any atom is -0.486 e. The number of hydrazone groups is 1. The molecule has 33 heavy (non-hydrogen) atoms. The molecule has 0 spiro atoms. The van der Waals surface area contributed by atoms with Gasteiger partial charge in [-0.25, -0.2) is 4.68 Å². The largest absolute Gasteiger partial charge is 0.486 e. The predicted octanol–water partition coefficient (Wildman–Crippen LogP) is 6.72. The summed E-state index contributed by atoms with van der Waals surface area (Å²) in [6.07, 6.45) is 3.57. The molecule has 1 aliphatic heterocycles. The van der Waals surface area contributed by atoms with Crippen molar-refractivity contribution in [1.29, 1.82) is 0 Å². The Kier molecular flexibility index (Phi) is 6.13. The summed E-state index contributed by atoms with van der Waals surface area (Å²) >= 11 is 18.5. The van der Waals surface area contributed by atoms with Gasteiger partial charge in [0.25, 0.3) is 0 Å². The van der Waals surface area contributed by atoms with Crippen molar-refractivity contribution < 1.29 is 9.47 Å². The smallest absolute Gasteiger partial charge is 0.162 e. The third-order valence-electron chi connectivity index (χ3n) is 4.97. The molecule has 9 heteroatoms. The first-order valence-corrected chi connectivity index (χ1v) is 11.2. The Balaban J connectivity index is 1.52. The van der Waals surface area contributed by atoms with Crippen molar-refractivity contribution in [2.24, 2.45) is 5.10 Å². The van der Waals surface area contributed by atoms with Gasteiger partial charge >= 0.3 is 0 Å². The topological polar surface area (TPSA) is 60.7 Å². The van der Waals surface area contributed by atoms with E-state index in [2.05, 4.69) is 10.5 Å².